The van der Waals surface area contributed by atoms with Gasteiger partial charge in [-0.1, -0.05) is 27.7 Å². The number of ether oxygens (including phenoxy) is 1. The molecule has 2 aliphatic carbocycles. The molecule has 184 valence electrons. The average Bonchev–Trinajstić information content (AvgIpc) is 3.44. The van der Waals surface area contributed by atoms with E-state index in [0.29, 0.717) is 12.3 Å². The van der Waals surface area contributed by atoms with Gasteiger partial charge in [-0.3, -0.25) is 9.36 Å². The molecule has 0 aromatic carbocycles. The maximum absolute atomic E-state index is 11.8. The zero-order valence-electron chi connectivity index (χ0n) is 21.9. The minimum absolute atomic E-state index is 0. The maximum Gasteiger partial charge on any atom is 1.00 e. The molecule has 0 atom stereocenters. The van der Waals surface area contributed by atoms with E-state index >= 15 is 0 Å². The summed E-state index contributed by atoms with van der Waals surface area (Å²) in [5.41, 5.74) is 5.30. The van der Waals surface area contributed by atoms with E-state index in [1.165, 1.54) is 5.69 Å². The van der Waals surface area contributed by atoms with Crippen molar-refractivity contribution >= 4 is 11.9 Å². The maximum atomic E-state index is 11.8. The molecule has 4 rings (SSSR count). The Morgan fingerprint density at radius 1 is 0.882 bits per heavy atom. The van der Waals surface area contributed by atoms with Crippen LogP contribution in [-0.2, 0) is 41.5 Å². The summed E-state index contributed by atoms with van der Waals surface area (Å²) in [4.78, 5) is 22.9. The Morgan fingerprint density at radius 2 is 1.29 bits per heavy atom. The number of carbonyl (C=O) groups excluding carboxylic acids is 1. The number of hydrogen-bond donors (Lipinski definition) is 1. The second-order valence-corrected chi connectivity index (χ2v) is 9.78. The number of carboxylic acids is 1. The molecule has 0 amide bonds. The van der Waals surface area contributed by atoms with Crippen LogP contribution in [0.4, 0.5) is 0 Å². The van der Waals surface area contributed by atoms with Crippen LogP contribution in [0.3, 0.4) is 0 Å². The Kier molecular flexibility index (Phi) is 10.2. The van der Waals surface area contributed by atoms with Gasteiger partial charge in [-0.15, -0.1) is 0 Å². The summed E-state index contributed by atoms with van der Waals surface area (Å²) in [6, 6.07) is 0. The number of rotatable bonds is 5. The summed E-state index contributed by atoms with van der Waals surface area (Å²) in [7, 11) is 0. The van der Waals surface area contributed by atoms with Gasteiger partial charge in [0.2, 0.25) is 0 Å². The van der Waals surface area contributed by atoms with Gasteiger partial charge >= 0.3 is 41.5 Å². The molecule has 0 fully saturated rings. The minimum Gasteiger partial charge on any atom is -0.870 e. The average molecular weight is 485 g/mol. The van der Waals surface area contributed by atoms with Gasteiger partial charge in [-0.2, -0.15) is 10.2 Å². The first kappa shape index (κ1) is 30.4. The van der Waals surface area contributed by atoms with Crippen LogP contribution < -0.4 is 29.6 Å². The molecule has 0 unspecified atom stereocenters. The molecule has 10 heteroatoms. The third-order valence-corrected chi connectivity index (χ3v) is 6.65. The third kappa shape index (κ3) is 5.42. The first-order chi connectivity index (χ1) is 15.0. The van der Waals surface area contributed by atoms with E-state index in [0.717, 1.165) is 55.6 Å². The molecule has 0 spiro atoms. The van der Waals surface area contributed by atoms with Crippen molar-refractivity contribution in [1.29, 1.82) is 0 Å². The van der Waals surface area contributed by atoms with Gasteiger partial charge in [-0.25, -0.2) is 9.59 Å². The molecule has 2 aromatic heterocycles. The zero-order valence-corrected chi connectivity index (χ0v) is 23.9. The molecule has 0 saturated carbocycles. The minimum atomic E-state index is -0.906. The first-order valence-corrected chi connectivity index (χ1v) is 11.6. The number of aromatic nitrogens is 4. The molecule has 9 nitrogen and oxygen atoms in total. The predicted molar refractivity (Wildman–Crippen MR) is 123 cm³/mol. The SMILES string of the molecule is CCOC(=O)c1nn(CC)c2c1CCC2(C)C.CCn1nc(C(=O)O)c2c1C(C)(C)CC2.[Na+].[OH-]. The van der Waals surface area contributed by atoms with Crippen LogP contribution in [0.1, 0.15) is 105 Å². The summed E-state index contributed by atoms with van der Waals surface area (Å²) >= 11 is 0. The molecule has 0 radical (unpaired) electrons. The Bertz CT molecular complexity index is 1040. The van der Waals surface area contributed by atoms with Gasteiger partial charge in [0, 0.05) is 46.4 Å². The van der Waals surface area contributed by atoms with Crippen LogP contribution in [0.2, 0.25) is 0 Å². The topological polar surface area (TPSA) is 129 Å². The zero-order chi connectivity index (χ0) is 23.8. The number of aromatic carboxylic acids is 1. The summed E-state index contributed by atoms with van der Waals surface area (Å²) in [5, 5.41) is 17.6. The number of carboxylic acid groups (broad SMARTS) is 1. The fraction of sp³-hybridized carbons (Fsp3) is 0.667. The second-order valence-electron chi connectivity index (χ2n) is 9.78. The van der Waals surface area contributed by atoms with Crippen LogP contribution in [0, 0.1) is 0 Å². The monoisotopic (exact) mass is 484 g/mol. The summed E-state index contributed by atoms with van der Waals surface area (Å²) < 4.78 is 8.86. The molecule has 2 aromatic rings. The number of nitrogens with zero attached hydrogens (tertiary/aromatic N) is 4. The Balaban J connectivity index is 0.000000323. The van der Waals surface area contributed by atoms with E-state index in [4.69, 9.17) is 9.84 Å². The van der Waals surface area contributed by atoms with Crippen LogP contribution in [0.15, 0.2) is 0 Å². The summed E-state index contributed by atoms with van der Waals surface area (Å²) in [5.74, 6) is -1.19. The van der Waals surface area contributed by atoms with Gasteiger partial charge in [0.25, 0.3) is 0 Å². The standard InChI is InChI=1S/C13H20N2O2.C11H16N2O2.Na.H2O/c1-5-15-11-9(7-8-13(11,3)4)10(14-15)12(16)17-6-2;1-4-13-9-7(5-6-11(9,2)3)8(12-13)10(14)15;;/h5-8H2,1-4H3;4-6H2,1-3H3,(H,14,15);;1H2/q;;+1;/p-1. The first-order valence-electron chi connectivity index (χ1n) is 11.6. The van der Waals surface area contributed by atoms with Gasteiger partial charge in [-0.05, 0) is 46.5 Å². The van der Waals surface area contributed by atoms with Gasteiger partial charge in [0.05, 0.1) is 6.61 Å². The van der Waals surface area contributed by atoms with Crippen molar-refractivity contribution in [3.8, 4) is 0 Å². The summed E-state index contributed by atoms with van der Waals surface area (Å²) in [6.45, 7) is 16.5. The van der Waals surface area contributed by atoms with Crippen molar-refractivity contribution in [2.24, 2.45) is 0 Å². The van der Waals surface area contributed by atoms with Crippen molar-refractivity contribution in [3.63, 3.8) is 0 Å². The normalized spacial score (nSPS) is 16.3. The Labute approximate surface area is 223 Å². The molecular weight excluding hydrogens is 447 g/mol. The van der Waals surface area contributed by atoms with Crippen LogP contribution >= 0.6 is 0 Å². The van der Waals surface area contributed by atoms with E-state index in [1.807, 2.05) is 23.2 Å². The number of fused-ring (bicyclic) bond motifs is 2. The van der Waals surface area contributed by atoms with Crippen molar-refractivity contribution in [2.75, 3.05) is 6.61 Å². The Morgan fingerprint density at radius 3 is 1.68 bits per heavy atom. The van der Waals surface area contributed by atoms with Gasteiger partial charge < -0.3 is 15.3 Å². The number of esters is 1. The van der Waals surface area contributed by atoms with Crippen LogP contribution in [-0.4, -0.2) is 48.7 Å². The van der Waals surface area contributed by atoms with E-state index in [-0.39, 0.29) is 57.5 Å². The van der Waals surface area contributed by atoms with Crippen LogP contribution in [0.5, 0.6) is 0 Å². The largest absolute Gasteiger partial charge is 1.00 e. The van der Waals surface area contributed by atoms with Crippen LogP contribution in [0.25, 0.3) is 0 Å². The van der Waals surface area contributed by atoms with Gasteiger partial charge in [0.1, 0.15) is 0 Å². The number of hydrogen-bond acceptors (Lipinski definition) is 6. The fourth-order valence-electron chi connectivity index (χ4n) is 5.09. The molecular formula is C24H37N4NaO5. The molecule has 2 heterocycles. The molecule has 0 saturated heterocycles. The van der Waals surface area contributed by atoms with E-state index in [9.17, 15) is 9.59 Å². The third-order valence-electron chi connectivity index (χ3n) is 6.65. The molecule has 34 heavy (non-hydrogen) atoms. The van der Waals surface area contributed by atoms with E-state index in [2.05, 4.69) is 44.8 Å². The van der Waals surface area contributed by atoms with Crippen molar-refractivity contribution in [2.45, 2.75) is 98.1 Å². The number of carbonyl (C=O) groups is 2. The quantitative estimate of drug-likeness (QED) is 0.494. The Hall–Kier alpha value is -1.68. The molecule has 0 aliphatic heterocycles. The van der Waals surface area contributed by atoms with Crippen molar-refractivity contribution < 1.29 is 54.5 Å². The molecule has 0 bridgehead atoms. The molecule has 2 N–H and O–H groups in total. The van der Waals surface area contributed by atoms with Crippen molar-refractivity contribution in [1.82, 2.24) is 19.6 Å². The smallest absolute Gasteiger partial charge is 0.870 e. The summed E-state index contributed by atoms with van der Waals surface area (Å²) in [6.07, 6.45) is 3.85. The van der Waals surface area contributed by atoms with E-state index < -0.39 is 5.97 Å². The predicted octanol–water partition coefficient (Wildman–Crippen LogP) is 0.956. The fourth-order valence-corrected chi connectivity index (χ4v) is 5.09. The number of aryl methyl sites for hydroxylation is 2. The van der Waals surface area contributed by atoms with Crippen molar-refractivity contribution in [3.05, 3.63) is 33.9 Å². The van der Waals surface area contributed by atoms with Gasteiger partial charge in [0.15, 0.2) is 11.4 Å². The van der Waals surface area contributed by atoms with E-state index in [1.54, 1.807) is 0 Å². The molecule has 2 aliphatic rings. The second kappa shape index (κ2) is 11.4.